The molecule has 0 spiro atoms. The number of halogens is 1. The number of nitrogens with two attached hydrogens (primary N) is 2. The number of rotatable bonds is 6. The van der Waals surface area contributed by atoms with Crippen molar-refractivity contribution < 1.29 is 21.8 Å². The minimum absolute atomic E-state index is 0.0757. The van der Waals surface area contributed by atoms with Crippen molar-refractivity contribution in [1.82, 2.24) is 0 Å². The lowest BCUT2D eigenvalue weighted by Crippen LogP contribution is -2.17. The Morgan fingerprint density at radius 2 is 1.54 bits per heavy atom. The average Bonchev–Trinajstić information content (AvgIpc) is 2.50. The fraction of sp³-hybridized carbons (Fsp3) is 0. The Balaban J connectivity index is 2.39. The highest BCUT2D eigenvalue weighted by Crippen LogP contribution is 2.33. The lowest BCUT2D eigenvalue weighted by Gasteiger charge is -2.12. The summed E-state index contributed by atoms with van der Waals surface area (Å²) >= 11 is 6.77. The van der Waals surface area contributed by atoms with E-state index in [1.807, 2.05) is 0 Å². The maximum atomic E-state index is 11.7. The number of anilines is 1. The Bertz CT molecular complexity index is 1070. The molecule has 0 amide bonds. The maximum absolute atomic E-state index is 11.7. The molecule has 0 radical (unpaired) electrons. The molecule has 0 fully saturated rings. The van der Waals surface area contributed by atoms with Gasteiger partial charge in [0.15, 0.2) is 0 Å². The molecule has 2 aromatic rings. The topological polar surface area (TPSA) is 175 Å². The van der Waals surface area contributed by atoms with Crippen molar-refractivity contribution in [1.29, 1.82) is 0 Å². The zero-order chi connectivity index (χ0) is 19.7. The first-order valence-corrected chi connectivity index (χ1v) is 10.7. The highest BCUT2D eigenvalue weighted by atomic mass is 35.5. The Morgan fingerprint density at radius 1 is 1.00 bits per heavy atom. The van der Waals surface area contributed by atoms with Gasteiger partial charge in [0.25, 0.3) is 5.69 Å². The van der Waals surface area contributed by atoms with Crippen LogP contribution in [0.2, 0.25) is 5.02 Å². The Hall–Kier alpha value is -1.90. The fourth-order valence-electron chi connectivity index (χ4n) is 1.82. The van der Waals surface area contributed by atoms with Gasteiger partial charge in [-0.15, -0.1) is 0 Å². The fourth-order valence-corrected chi connectivity index (χ4v) is 4.42. The summed E-state index contributed by atoms with van der Waals surface area (Å²) in [5.74, 6) is 0. The summed E-state index contributed by atoms with van der Waals surface area (Å²) in [6, 6.07) is 7.22. The number of nitro groups is 1. The Labute approximate surface area is 157 Å². The van der Waals surface area contributed by atoms with E-state index >= 15 is 0 Å². The minimum atomic E-state index is -4.30. The number of benzene rings is 2. The number of hydrogen-bond donors (Lipinski definition) is 3. The Morgan fingerprint density at radius 3 is 2.00 bits per heavy atom. The van der Waals surface area contributed by atoms with Crippen LogP contribution in [0.25, 0.3) is 0 Å². The van der Waals surface area contributed by atoms with Gasteiger partial charge in [0.1, 0.15) is 9.79 Å². The zero-order valence-electron chi connectivity index (χ0n) is 12.6. The van der Waals surface area contributed by atoms with E-state index in [4.69, 9.17) is 21.9 Å². The summed E-state index contributed by atoms with van der Waals surface area (Å²) < 4.78 is 49.1. The second-order valence-corrected chi connectivity index (χ2v) is 9.17. The lowest BCUT2D eigenvalue weighted by molar-refractivity contribution is -0.384. The predicted octanol–water partition coefficient (Wildman–Crippen LogP) is 1.66. The van der Waals surface area contributed by atoms with Crippen molar-refractivity contribution in [2.24, 2.45) is 10.3 Å². The molecule has 0 unspecified atom stereocenters. The molecule has 0 aromatic heterocycles. The minimum Gasteiger partial charge on any atom is -0.324 e. The van der Waals surface area contributed by atoms with E-state index in [0.717, 1.165) is 24.1 Å². The molecule has 5 N–H and O–H groups in total. The van der Waals surface area contributed by atoms with Gasteiger partial charge in [-0.2, -0.15) is 0 Å². The number of non-ortho nitro benzene ring substituents is 1. The summed E-state index contributed by atoms with van der Waals surface area (Å²) in [6.45, 7) is 0. The molecular weight excluding hydrogens is 428 g/mol. The van der Waals surface area contributed by atoms with Gasteiger partial charge >= 0.3 is 0 Å². The van der Waals surface area contributed by atoms with Crippen molar-refractivity contribution in [3.05, 3.63) is 51.5 Å². The number of hydrogen-bond acceptors (Lipinski definition) is 8. The molecule has 0 saturated heterocycles. The lowest BCUT2D eigenvalue weighted by atomic mass is 10.3. The third-order valence-corrected chi connectivity index (χ3v) is 6.13. The first kappa shape index (κ1) is 20.4. The first-order chi connectivity index (χ1) is 11.9. The van der Waals surface area contributed by atoms with E-state index in [0.29, 0.717) is 4.90 Å². The molecule has 26 heavy (non-hydrogen) atoms. The van der Waals surface area contributed by atoms with Gasteiger partial charge in [0.05, 0.1) is 15.6 Å². The first-order valence-electron chi connectivity index (χ1n) is 6.46. The highest BCUT2D eigenvalue weighted by Gasteiger charge is 2.22. The average molecular weight is 439 g/mol. The second-order valence-electron chi connectivity index (χ2n) is 4.82. The molecule has 2 aromatic carbocycles. The van der Waals surface area contributed by atoms with Gasteiger partial charge in [0, 0.05) is 17.0 Å². The summed E-state index contributed by atoms with van der Waals surface area (Å²) in [5.41, 5.74) is -0.187. The molecule has 140 valence electrons. The molecule has 14 heteroatoms. The van der Waals surface area contributed by atoms with E-state index in [1.165, 1.54) is 24.3 Å². The molecular formula is C12H11ClN4O6S3. The third kappa shape index (κ3) is 4.84. The zero-order valence-corrected chi connectivity index (χ0v) is 15.8. The molecule has 0 aliphatic carbocycles. The monoisotopic (exact) mass is 438 g/mol. The van der Waals surface area contributed by atoms with Crippen LogP contribution in [0.1, 0.15) is 0 Å². The van der Waals surface area contributed by atoms with Crippen molar-refractivity contribution in [3.8, 4) is 0 Å². The van der Waals surface area contributed by atoms with E-state index in [-0.39, 0.29) is 16.4 Å². The van der Waals surface area contributed by atoms with Gasteiger partial charge < -0.3 is 4.72 Å². The largest absolute Gasteiger partial charge is 0.324 e. The van der Waals surface area contributed by atoms with Crippen LogP contribution in [-0.2, 0) is 20.0 Å². The number of primary sulfonamides is 2. The van der Waals surface area contributed by atoms with Crippen LogP contribution in [0.5, 0.6) is 0 Å². The van der Waals surface area contributed by atoms with Crippen LogP contribution < -0.4 is 15.0 Å². The van der Waals surface area contributed by atoms with Gasteiger partial charge in [-0.1, -0.05) is 11.6 Å². The molecule has 0 atom stereocenters. The molecule has 2 rings (SSSR count). The van der Waals surface area contributed by atoms with Gasteiger partial charge in [-0.05, 0) is 36.2 Å². The van der Waals surface area contributed by atoms with Crippen molar-refractivity contribution in [2.45, 2.75) is 14.7 Å². The number of nitrogens with one attached hydrogen (secondary N) is 1. The van der Waals surface area contributed by atoms with Crippen molar-refractivity contribution in [2.75, 3.05) is 4.72 Å². The molecule has 10 nitrogen and oxygen atoms in total. The quantitative estimate of drug-likeness (QED) is 0.346. The smallest absolute Gasteiger partial charge is 0.269 e. The standard InChI is InChI=1S/C12H11ClN4O6S3/c13-9-5-10(12(26(15,22)23)6-11(9)25(14,20)21)16-24-8-3-1-7(2-4-8)17(18)19/h1-6,16H,(H2,14,20,21)(H2,15,22,23). The van der Waals surface area contributed by atoms with Crippen LogP contribution in [0, 0.1) is 10.1 Å². The maximum Gasteiger partial charge on any atom is 0.269 e. The normalized spacial score (nSPS) is 12.0. The summed E-state index contributed by atoms with van der Waals surface area (Å²) in [4.78, 5) is 9.46. The van der Waals surface area contributed by atoms with Crippen molar-refractivity contribution in [3.63, 3.8) is 0 Å². The van der Waals surface area contributed by atoms with E-state index in [9.17, 15) is 26.9 Å². The Kier molecular flexibility index (Phi) is 5.79. The molecule has 0 aliphatic heterocycles. The van der Waals surface area contributed by atoms with Crippen molar-refractivity contribution >= 4 is 55.0 Å². The predicted molar refractivity (Wildman–Crippen MR) is 96.8 cm³/mol. The second kappa shape index (κ2) is 7.38. The van der Waals surface area contributed by atoms with E-state index in [2.05, 4.69) is 4.72 Å². The molecule has 0 aliphatic rings. The van der Waals surface area contributed by atoms with Crippen LogP contribution in [0.4, 0.5) is 11.4 Å². The summed E-state index contributed by atoms with van der Waals surface area (Å²) in [7, 11) is -8.56. The van der Waals surface area contributed by atoms with Gasteiger partial charge in [-0.25, -0.2) is 27.1 Å². The molecule has 0 saturated carbocycles. The number of nitrogens with zero attached hydrogens (tertiary/aromatic N) is 1. The summed E-state index contributed by atoms with van der Waals surface area (Å²) in [5, 5.41) is 20.4. The highest BCUT2D eigenvalue weighted by molar-refractivity contribution is 8.00. The molecule has 0 heterocycles. The van der Waals surface area contributed by atoms with Crippen LogP contribution >= 0.6 is 23.5 Å². The summed E-state index contributed by atoms with van der Waals surface area (Å²) in [6.07, 6.45) is 0. The third-order valence-electron chi connectivity index (χ3n) is 2.97. The van der Waals surface area contributed by atoms with Crippen LogP contribution in [0.15, 0.2) is 51.1 Å². The van der Waals surface area contributed by atoms with Gasteiger partial charge in [-0.3, -0.25) is 10.1 Å². The van der Waals surface area contributed by atoms with Gasteiger partial charge in [0.2, 0.25) is 20.0 Å². The SMILES string of the molecule is NS(=O)(=O)c1cc(S(N)(=O)=O)c(NSc2ccc([N+](=O)[O-])cc2)cc1Cl. The van der Waals surface area contributed by atoms with Crippen LogP contribution in [-0.4, -0.2) is 21.8 Å². The van der Waals surface area contributed by atoms with E-state index in [1.54, 1.807) is 0 Å². The number of nitro benzene ring substituents is 1. The number of sulfonamides is 2. The van der Waals surface area contributed by atoms with Crippen LogP contribution in [0.3, 0.4) is 0 Å². The van der Waals surface area contributed by atoms with E-state index < -0.39 is 34.8 Å². The molecule has 0 bridgehead atoms.